The van der Waals surface area contributed by atoms with Gasteiger partial charge in [-0.2, -0.15) is 18.3 Å². The van der Waals surface area contributed by atoms with Crippen LogP contribution < -0.4 is 10.5 Å². The molecule has 1 aromatic rings. The highest BCUT2D eigenvalue weighted by molar-refractivity contribution is 7.80. The van der Waals surface area contributed by atoms with Crippen LogP contribution in [0.2, 0.25) is 0 Å². The molecule has 0 unspecified atom stereocenters. The lowest BCUT2D eigenvalue weighted by Crippen LogP contribution is -2.14. The van der Waals surface area contributed by atoms with Gasteiger partial charge in [-0.1, -0.05) is 12.2 Å². The summed E-state index contributed by atoms with van der Waals surface area (Å²) in [6, 6.07) is 0. The Bertz CT molecular complexity index is 442. The van der Waals surface area contributed by atoms with Gasteiger partial charge in [0.25, 0.3) is 0 Å². The molecule has 1 rings (SSSR count). The van der Waals surface area contributed by atoms with Crippen LogP contribution in [0, 0.1) is 6.92 Å². The number of thiocarbonyl (C=S) groups is 1. The predicted octanol–water partition coefficient (Wildman–Crippen LogP) is 2.08. The molecule has 0 saturated heterocycles. The Balaban J connectivity index is 2.65. The summed E-state index contributed by atoms with van der Waals surface area (Å²) >= 11 is 4.85. The Hall–Kier alpha value is -1.31. The predicted molar refractivity (Wildman–Crippen MR) is 64.6 cm³/mol. The third-order valence-corrected chi connectivity index (χ3v) is 2.46. The SMILES string of the molecule is Cc1nn(C)c(OCCCC(F)(F)F)c1C(N)=S. The standard InChI is InChI=1S/C10H14F3N3OS/c1-6-7(8(14)18)9(16(2)15-6)17-5-3-4-10(11,12)13/h3-5H2,1-2H3,(H2,14,18). The van der Waals surface area contributed by atoms with Crippen LogP contribution in [0.15, 0.2) is 0 Å². The second kappa shape index (κ2) is 5.55. The number of nitrogens with two attached hydrogens (primary N) is 1. The van der Waals surface area contributed by atoms with Crippen LogP contribution >= 0.6 is 12.2 Å². The first-order valence-corrected chi connectivity index (χ1v) is 5.66. The van der Waals surface area contributed by atoms with E-state index in [0.29, 0.717) is 17.1 Å². The van der Waals surface area contributed by atoms with Crippen molar-refractivity contribution in [3.05, 3.63) is 11.3 Å². The van der Waals surface area contributed by atoms with E-state index in [0.717, 1.165) is 0 Å². The molecule has 0 aliphatic carbocycles. The number of rotatable bonds is 5. The van der Waals surface area contributed by atoms with E-state index in [1.807, 2.05) is 0 Å². The number of aromatic nitrogens is 2. The molecule has 0 aliphatic rings. The Labute approximate surface area is 108 Å². The lowest BCUT2D eigenvalue weighted by molar-refractivity contribution is -0.136. The summed E-state index contributed by atoms with van der Waals surface area (Å²) in [5.41, 5.74) is 6.59. The molecule has 0 bridgehead atoms. The summed E-state index contributed by atoms with van der Waals surface area (Å²) in [5.74, 6) is 0.308. The highest BCUT2D eigenvalue weighted by Gasteiger charge is 2.26. The molecule has 102 valence electrons. The molecule has 4 nitrogen and oxygen atoms in total. The number of halogens is 3. The first-order chi connectivity index (χ1) is 8.22. The number of ether oxygens (including phenoxy) is 1. The van der Waals surface area contributed by atoms with Crippen LogP contribution in [0.3, 0.4) is 0 Å². The smallest absolute Gasteiger partial charge is 0.389 e. The van der Waals surface area contributed by atoms with Gasteiger partial charge in [0.1, 0.15) is 4.99 Å². The fourth-order valence-electron chi connectivity index (χ4n) is 1.53. The minimum absolute atomic E-state index is 0.0614. The van der Waals surface area contributed by atoms with Crippen molar-refractivity contribution in [2.45, 2.75) is 25.9 Å². The maximum Gasteiger partial charge on any atom is 0.389 e. The topological polar surface area (TPSA) is 53.1 Å². The van der Waals surface area contributed by atoms with Gasteiger partial charge in [-0.3, -0.25) is 0 Å². The Morgan fingerprint density at radius 3 is 2.61 bits per heavy atom. The molecule has 0 atom stereocenters. The first-order valence-electron chi connectivity index (χ1n) is 5.25. The largest absolute Gasteiger partial charge is 0.477 e. The van der Waals surface area contributed by atoms with Crippen molar-refractivity contribution >= 4 is 17.2 Å². The van der Waals surface area contributed by atoms with E-state index in [1.165, 1.54) is 4.68 Å². The summed E-state index contributed by atoms with van der Waals surface area (Å²) in [6.45, 7) is 1.64. The number of nitrogens with zero attached hydrogens (tertiary/aromatic N) is 2. The average molecular weight is 281 g/mol. The molecule has 1 heterocycles. The number of hydrogen-bond acceptors (Lipinski definition) is 3. The van der Waals surface area contributed by atoms with E-state index in [9.17, 15) is 13.2 Å². The van der Waals surface area contributed by atoms with Crippen molar-refractivity contribution in [2.75, 3.05) is 6.61 Å². The Morgan fingerprint density at radius 1 is 1.50 bits per heavy atom. The van der Waals surface area contributed by atoms with Gasteiger partial charge in [0.05, 0.1) is 17.9 Å². The third kappa shape index (κ3) is 3.86. The van der Waals surface area contributed by atoms with Crippen LogP contribution in [0.25, 0.3) is 0 Å². The van der Waals surface area contributed by atoms with Crippen molar-refractivity contribution in [2.24, 2.45) is 12.8 Å². The van der Waals surface area contributed by atoms with Crippen LogP contribution in [-0.2, 0) is 7.05 Å². The molecule has 0 aromatic carbocycles. The highest BCUT2D eigenvalue weighted by Crippen LogP contribution is 2.24. The van der Waals surface area contributed by atoms with E-state index in [-0.39, 0.29) is 18.0 Å². The molecule has 1 aromatic heterocycles. The van der Waals surface area contributed by atoms with Gasteiger partial charge in [-0.05, 0) is 13.3 Å². The van der Waals surface area contributed by atoms with E-state index in [4.69, 9.17) is 22.7 Å². The van der Waals surface area contributed by atoms with Gasteiger partial charge in [-0.15, -0.1) is 0 Å². The molecule has 0 radical (unpaired) electrons. The average Bonchev–Trinajstić information content (AvgIpc) is 2.46. The molecular weight excluding hydrogens is 267 g/mol. The van der Waals surface area contributed by atoms with Crippen molar-refractivity contribution in [3.8, 4) is 5.88 Å². The maximum atomic E-state index is 12.0. The summed E-state index contributed by atoms with van der Waals surface area (Å²) in [5, 5.41) is 4.06. The molecule has 0 fully saturated rings. The van der Waals surface area contributed by atoms with Crippen molar-refractivity contribution in [3.63, 3.8) is 0 Å². The molecule has 0 saturated carbocycles. The molecular formula is C10H14F3N3OS. The van der Waals surface area contributed by atoms with Gasteiger partial charge in [-0.25, -0.2) is 4.68 Å². The third-order valence-electron chi connectivity index (χ3n) is 2.26. The zero-order valence-corrected chi connectivity index (χ0v) is 10.9. The van der Waals surface area contributed by atoms with Gasteiger partial charge in [0.2, 0.25) is 5.88 Å². The van der Waals surface area contributed by atoms with Crippen LogP contribution in [-0.4, -0.2) is 27.6 Å². The molecule has 2 N–H and O–H groups in total. The quantitative estimate of drug-likeness (QED) is 0.663. The van der Waals surface area contributed by atoms with Crippen LogP contribution in [0.4, 0.5) is 13.2 Å². The Morgan fingerprint density at radius 2 is 2.11 bits per heavy atom. The molecule has 0 spiro atoms. The van der Waals surface area contributed by atoms with Crippen molar-refractivity contribution < 1.29 is 17.9 Å². The molecule has 18 heavy (non-hydrogen) atoms. The molecule has 8 heteroatoms. The van der Waals surface area contributed by atoms with E-state index >= 15 is 0 Å². The lowest BCUT2D eigenvalue weighted by Gasteiger charge is -2.09. The van der Waals surface area contributed by atoms with Crippen LogP contribution in [0.1, 0.15) is 24.1 Å². The number of hydrogen-bond donors (Lipinski definition) is 1. The van der Waals surface area contributed by atoms with Crippen LogP contribution in [0.5, 0.6) is 5.88 Å². The zero-order valence-electron chi connectivity index (χ0n) is 10.0. The fraction of sp³-hybridized carbons (Fsp3) is 0.600. The summed E-state index contributed by atoms with van der Waals surface area (Å²) in [7, 11) is 1.62. The lowest BCUT2D eigenvalue weighted by atomic mass is 10.2. The highest BCUT2D eigenvalue weighted by atomic mass is 32.1. The van der Waals surface area contributed by atoms with Gasteiger partial charge in [0.15, 0.2) is 0 Å². The second-order valence-corrected chi connectivity index (χ2v) is 4.26. The zero-order chi connectivity index (χ0) is 13.9. The van der Waals surface area contributed by atoms with Crippen molar-refractivity contribution in [1.29, 1.82) is 0 Å². The minimum atomic E-state index is -4.17. The van der Waals surface area contributed by atoms with Gasteiger partial charge < -0.3 is 10.5 Å². The van der Waals surface area contributed by atoms with Gasteiger partial charge >= 0.3 is 6.18 Å². The monoisotopic (exact) mass is 281 g/mol. The Kier molecular flexibility index (Phi) is 4.55. The summed E-state index contributed by atoms with van der Waals surface area (Å²) in [4.78, 5) is 0.117. The van der Waals surface area contributed by atoms with Gasteiger partial charge in [0, 0.05) is 13.5 Å². The van der Waals surface area contributed by atoms with E-state index < -0.39 is 12.6 Å². The second-order valence-electron chi connectivity index (χ2n) is 3.82. The first kappa shape index (κ1) is 14.7. The van der Waals surface area contributed by atoms with E-state index in [2.05, 4.69) is 5.10 Å². The van der Waals surface area contributed by atoms with Crippen molar-refractivity contribution in [1.82, 2.24) is 9.78 Å². The van der Waals surface area contributed by atoms with E-state index in [1.54, 1.807) is 14.0 Å². The minimum Gasteiger partial charge on any atom is -0.477 e. The summed E-state index contributed by atoms with van der Waals surface area (Å²) < 4.78 is 42.6. The molecule has 0 aliphatic heterocycles. The maximum absolute atomic E-state index is 12.0. The number of aryl methyl sites for hydroxylation is 2. The number of alkyl halides is 3. The molecule has 0 amide bonds. The fourth-order valence-corrected chi connectivity index (χ4v) is 1.76. The summed E-state index contributed by atoms with van der Waals surface area (Å²) in [6.07, 6.45) is -5.17. The normalized spacial score (nSPS) is 11.6.